The van der Waals surface area contributed by atoms with E-state index in [-0.39, 0.29) is 12.8 Å². The van der Waals surface area contributed by atoms with E-state index in [0.717, 1.165) is 16.7 Å². The number of amides is 1. The van der Waals surface area contributed by atoms with Crippen LogP contribution >= 0.6 is 0 Å². The van der Waals surface area contributed by atoms with E-state index in [1.165, 1.54) is 6.33 Å². The molecule has 0 saturated heterocycles. The number of hydrogen-bond acceptors (Lipinski definition) is 5. The van der Waals surface area contributed by atoms with E-state index in [2.05, 4.69) is 20.6 Å². The number of aliphatic carboxylic acids is 2. The van der Waals surface area contributed by atoms with Gasteiger partial charge in [0.15, 0.2) is 0 Å². The van der Waals surface area contributed by atoms with Crippen molar-refractivity contribution in [2.45, 2.75) is 36.9 Å². The minimum absolute atomic E-state index is 0.172. The van der Waals surface area contributed by atoms with Gasteiger partial charge in [0.25, 0.3) is 0 Å². The van der Waals surface area contributed by atoms with Crippen LogP contribution in [-0.2, 0) is 26.3 Å². The number of nitrogens with one attached hydrogen (secondary N) is 3. The summed E-state index contributed by atoms with van der Waals surface area (Å²) in [5, 5.41) is 24.9. The van der Waals surface area contributed by atoms with Crippen molar-refractivity contribution >= 4 is 17.8 Å². The molecule has 4 rings (SSSR count). The molecule has 0 fully saturated rings. The molecule has 0 unspecified atom stereocenters. The number of aromatic amines is 1. The van der Waals surface area contributed by atoms with Crippen LogP contribution < -0.4 is 10.6 Å². The number of carboxylic acids is 2. The Kier molecular flexibility index (Phi) is 8.86. The first-order valence-electron chi connectivity index (χ1n) is 12.6. The monoisotopic (exact) mass is 526 g/mol. The zero-order valence-electron chi connectivity index (χ0n) is 21.2. The Bertz CT molecular complexity index is 1270. The molecule has 0 radical (unpaired) electrons. The molecule has 9 heteroatoms. The zero-order valence-corrected chi connectivity index (χ0v) is 21.2. The molecule has 0 aliphatic heterocycles. The molecule has 4 aromatic rings. The maximum Gasteiger partial charge on any atom is 0.326 e. The van der Waals surface area contributed by atoms with Gasteiger partial charge in [-0.05, 0) is 23.1 Å². The van der Waals surface area contributed by atoms with Crippen molar-refractivity contribution in [1.29, 1.82) is 0 Å². The van der Waals surface area contributed by atoms with Gasteiger partial charge in [0.2, 0.25) is 5.91 Å². The van der Waals surface area contributed by atoms with Gasteiger partial charge in [0, 0.05) is 24.7 Å². The van der Waals surface area contributed by atoms with Crippen LogP contribution in [0.2, 0.25) is 0 Å². The van der Waals surface area contributed by atoms with Crippen molar-refractivity contribution < 1.29 is 24.6 Å². The Balaban J connectivity index is 1.82. The number of carboxylic acid groups (broad SMARTS) is 2. The quantitative estimate of drug-likeness (QED) is 0.168. The number of aromatic nitrogens is 2. The second-order valence-corrected chi connectivity index (χ2v) is 9.16. The fourth-order valence-electron chi connectivity index (χ4n) is 4.70. The van der Waals surface area contributed by atoms with Crippen LogP contribution in [0.15, 0.2) is 104 Å². The van der Waals surface area contributed by atoms with Crippen LogP contribution in [0.5, 0.6) is 0 Å². The molecule has 200 valence electrons. The van der Waals surface area contributed by atoms with Gasteiger partial charge in [-0.3, -0.25) is 14.9 Å². The normalized spacial score (nSPS) is 12.8. The summed E-state index contributed by atoms with van der Waals surface area (Å²) in [6.07, 6.45) is 2.66. The molecule has 1 amide bonds. The second-order valence-electron chi connectivity index (χ2n) is 9.16. The van der Waals surface area contributed by atoms with Crippen LogP contribution in [0.3, 0.4) is 0 Å². The highest BCUT2D eigenvalue weighted by molar-refractivity contribution is 5.87. The summed E-state index contributed by atoms with van der Waals surface area (Å²) in [5.74, 6) is -3.02. The van der Waals surface area contributed by atoms with E-state index in [0.29, 0.717) is 5.69 Å². The van der Waals surface area contributed by atoms with E-state index in [4.69, 9.17) is 5.11 Å². The molecule has 3 aromatic carbocycles. The van der Waals surface area contributed by atoms with Gasteiger partial charge in [0.1, 0.15) is 6.04 Å². The molecule has 0 aliphatic rings. The number of benzene rings is 3. The largest absolute Gasteiger partial charge is 0.481 e. The first kappa shape index (κ1) is 27.3. The number of H-pyrrole nitrogens is 1. The number of imidazole rings is 1. The number of hydrogen-bond donors (Lipinski definition) is 5. The number of carbonyl (C=O) groups is 3. The smallest absolute Gasteiger partial charge is 0.326 e. The molecular formula is C30H30N4O5. The average Bonchev–Trinajstić information content (AvgIpc) is 3.47. The maximum atomic E-state index is 13.8. The maximum absolute atomic E-state index is 13.8. The topological polar surface area (TPSA) is 144 Å². The molecule has 0 saturated carbocycles. The predicted molar refractivity (Wildman–Crippen MR) is 145 cm³/mol. The van der Waals surface area contributed by atoms with E-state index in [1.54, 1.807) is 6.20 Å². The number of rotatable bonds is 13. The van der Waals surface area contributed by atoms with Crippen LogP contribution in [0, 0.1) is 0 Å². The highest BCUT2D eigenvalue weighted by Crippen LogP contribution is 2.37. The minimum atomic E-state index is -1.36. The first-order chi connectivity index (χ1) is 18.9. The molecule has 1 aromatic heterocycles. The highest BCUT2D eigenvalue weighted by Gasteiger charge is 2.40. The van der Waals surface area contributed by atoms with E-state index < -0.39 is 41.9 Å². The van der Waals surface area contributed by atoms with Crippen molar-refractivity contribution in [2.75, 3.05) is 0 Å². The lowest BCUT2D eigenvalue weighted by Crippen LogP contribution is -2.58. The average molecular weight is 527 g/mol. The third kappa shape index (κ3) is 6.58. The summed E-state index contributed by atoms with van der Waals surface area (Å²) in [7, 11) is 0. The van der Waals surface area contributed by atoms with E-state index >= 15 is 0 Å². The summed E-state index contributed by atoms with van der Waals surface area (Å²) in [6.45, 7) is 0. The Morgan fingerprint density at radius 3 is 1.72 bits per heavy atom. The van der Waals surface area contributed by atoms with Crippen molar-refractivity contribution in [3.63, 3.8) is 0 Å². The number of carbonyl (C=O) groups excluding carboxylic acids is 1. The molecule has 0 aliphatic carbocycles. The van der Waals surface area contributed by atoms with Crippen molar-refractivity contribution in [3.8, 4) is 0 Å². The molecule has 9 nitrogen and oxygen atoms in total. The third-order valence-electron chi connectivity index (χ3n) is 6.57. The summed E-state index contributed by atoms with van der Waals surface area (Å²) < 4.78 is 0. The molecule has 1 heterocycles. The first-order valence-corrected chi connectivity index (χ1v) is 12.6. The summed E-state index contributed by atoms with van der Waals surface area (Å²) in [6, 6.07) is 26.9. The third-order valence-corrected chi connectivity index (χ3v) is 6.57. The van der Waals surface area contributed by atoms with Crippen LogP contribution in [0.25, 0.3) is 0 Å². The number of nitrogens with zero attached hydrogens (tertiary/aromatic N) is 1. The predicted octanol–water partition coefficient (Wildman–Crippen LogP) is 3.34. The fourth-order valence-corrected chi connectivity index (χ4v) is 4.70. The van der Waals surface area contributed by atoms with Gasteiger partial charge >= 0.3 is 11.9 Å². The Labute approximate surface area is 225 Å². The van der Waals surface area contributed by atoms with Crippen molar-refractivity contribution in [2.24, 2.45) is 0 Å². The van der Waals surface area contributed by atoms with Gasteiger partial charge in [-0.25, -0.2) is 9.78 Å². The van der Waals surface area contributed by atoms with Crippen molar-refractivity contribution in [3.05, 3.63) is 126 Å². The van der Waals surface area contributed by atoms with Crippen LogP contribution in [0.1, 0.15) is 35.2 Å². The van der Waals surface area contributed by atoms with Crippen molar-refractivity contribution in [1.82, 2.24) is 20.6 Å². The van der Waals surface area contributed by atoms with Gasteiger partial charge in [-0.2, -0.15) is 0 Å². The van der Waals surface area contributed by atoms with Gasteiger partial charge in [-0.15, -0.1) is 0 Å². The Hall–Kier alpha value is -4.76. The summed E-state index contributed by atoms with van der Waals surface area (Å²) in [4.78, 5) is 43.8. The zero-order chi connectivity index (χ0) is 27.7. The molecule has 0 spiro atoms. The van der Waals surface area contributed by atoms with Crippen LogP contribution in [-0.4, -0.2) is 50.1 Å². The summed E-state index contributed by atoms with van der Waals surface area (Å²) >= 11 is 0. The molecule has 39 heavy (non-hydrogen) atoms. The molecule has 5 N–H and O–H groups in total. The lowest BCUT2D eigenvalue weighted by atomic mass is 9.76. The molecular weight excluding hydrogens is 496 g/mol. The Morgan fingerprint density at radius 1 is 0.795 bits per heavy atom. The standard InChI is InChI=1S/C30H30N4O5/c35-27(36)17-16-25(29(38)39)33-28(37)26(18-24-19-31-20-32-24)34-30(21-10-4-1-5-11-21,22-12-6-2-7-13-22)23-14-8-3-9-15-23/h1-15,19-20,25-26,34H,16-18H2,(H,31,32)(H,33,37)(H,35,36)(H,38,39)/t25-,26-/m0/s1. The lowest BCUT2D eigenvalue weighted by Gasteiger charge is -2.40. The molecule has 0 bridgehead atoms. The SMILES string of the molecule is O=C(O)CC[C@H](NC(=O)[C@H](Cc1cnc[nH]1)NC(c1ccccc1)(c1ccccc1)c1ccccc1)C(=O)O. The van der Waals surface area contributed by atoms with Gasteiger partial charge < -0.3 is 20.5 Å². The summed E-state index contributed by atoms with van der Waals surface area (Å²) in [5.41, 5.74) is 2.32. The van der Waals surface area contributed by atoms with E-state index in [1.807, 2.05) is 91.0 Å². The van der Waals surface area contributed by atoms with Gasteiger partial charge in [0.05, 0.1) is 17.9 Å². The van der Waals surface area contributed by atoms with E-state index in [9.17, 15) is 19.5 Å². The highest BCUT2D eigenvalue weighted by atomic mass is 16.4. The van der Waals surface area contributed by atoms with Crippen LogP contribution in [0.4, 0.5) is 0 Å². The van der Waals surface area contributed by atoms with Gasteiger partial charge in [-0.1, -0.05) is 91.0 Å². The fraction of sp³-hybridized carbons (Fsp3) is 0.200. The second kappa shape index (κ2) is 12.7. The molecule has 2 atom stereocenters. The Morgan fingerprint density at radius 2 is 1.31 bits per heavy atom. The lowest BCUT2D eigenvalue weighted by molar-refractivity contribution is -0.143. The minimum Gasteiger partial charge on any atom is -0.481 e.